The number of nitrogens with two attached hydrogens (primary N) is 2. The number of nitrogens with zero attached hydrogens (tertiary/aromatic N) is 3. The number of hydrazine groups is 1. The van der Waals surface area contributed by atoms with Gasteiger partial charge in [0.2, 0.25) is 5.88 Å². The lowest BCUT2D eigenvalue weighted by Gasteiger charge is -2.38. The molecule has 2 atom stereocenters. The number of nitrogen functional groups attached to an aromatic ring is 1. The lowest BCUT2D eigenvalue weighted by atomic mass is 9.69. The summed E-state index contributed by atoms with van der Waals surface area (Å²) in [5.41, 5.74) is 10.8. The van der Waals surface area contributed by atoms with Crippen molar-refractivity contribution < 1.29 is 23.6 Å². The molecule has 1 spiro atoms. The van der Waals surface area contributed by atoms with Crippen molar-refractivity contribution in [2.75, 3.05) is 37.0 Å². The Hall–Kier alpha value is -3.51. The third-order valence-corrected chi connectivity index (χ3v) is 11.4. The Bertz CT molecular complexity index is 1650. The van der Waals surface area contributed by atoms with E-state index in [1.165, 1.54) is 12.8 Å². The number of rotatable bonds is 9. The van der Waals surface area contributed by atoms with Crippen LogP contribution in [0, 0.1) is 25.2 Å². The van der Waals surface area contributed by atoms with Gasteiger partial charge in [-0.25, -0.2) is 19.3 Å². The molecule has 10 nitrogen and oxygen atoms in total. The first-order valence-corrected chi connectivity index (χ1v) is 17.1. The molecule has 3 aliphatic rings. The van der Waals surface area contributed by atoms with Gasteiger partial charge >= 0.3 is 5.97 Å². The summed E-state index contributed by atoms with van der Waals surface area (Å²) in [5.74, 6) is 5.99. The molecule has 246 valence electrons. The minimum atomic E-state index is -1.52. The van der Waals surface area contributed by atoms with Crippen molar-refractivity contribution in [3.8, 4) is 5.88 Å². The molecular formula is C35H45N5O5S. The van der Waals surface area contributed by atoms with Crippen LogP contribution in [0.15, 0.2) is 53.6 Å². The number of hydrogen-bond donors (Lipinski definition) is 3. The summed E-state index contributed by atoms with van der Waals surface area (Å²) in [7, 11) is -1.52. The van der Waals surface area contributed by atoms with Crippen molar-refractivity contribution in [1.82, 2.24) is 9.29 Å². The van der Waals surface area contributed by atoms with Gasteiger partial charge in [-0.3, -0.25) is 4.79 Å². The van der Waals surface area contributed by atoms with Gasteiger partial charge in [-0.05, 0) is 92.5 Å². The molecule has 2 unspecified atom stereocenters. The minimum Gasteiger partial charge on any atom is -0.481 e. The highest BCUT2D eigenvalue weighted by molar-refractivity contribution is 7.82. The van der Waals surface area contributed by atoms with Crippen molar-refractivity contribution in [2.24, 2.45) is 17.2 Å². The number of ether oxygens (including phenoxy) is 2. The molecule has 2 aromatic carbocycles. The number of anilines is 2. The number of aromatic nitrogens is 1. The number of carboxylic acids is 1. The maximum Gasteiger partial charge on any atom is 0.310 e. The van der Waals surface area contributed by atoms with E-state index in [1.54, 1.807) is 31.1 Å². The molecular weight excluding hydrogens is 602 g/mol. The fourth-order valence-electron chi connectivity index (χ4n) is 6.77. The number of hydrogen-bond acceptors (Lipinski definition) is 8. The maximum atomic E-state index is 14.1. The second kappa shape index (κ2) is 12.6. The third-order valence-electron chi connectivity index (χ3n) is 9.97. The highest BCUT2D eigenvalue weighted by Gasteiger charge is 2.43. The van der Waals surface area contributed by atoms with Gasteiger partial charge in [0.15, 0.2) is 0 Å². The summed E-state index contributed by atoms with van der Waals surface area (Å²) in [6.07, 6.45) is 5.35. The number of benzene rings is 2. The van der Waals surface area contributed by atoms with Gasteiger partial charge in [0.1, 0.15) is 21.5 Å². The summed E-state index contributed by atoms with van der Waals surface area (Å²) in [6.45, 7) is 10.2. The molecule has 1 saturated heterocycles. The van der Waals surface area contributed by atoms with E-state index in [0.717, 1.165) is 40.0 Å². The molecule has 6 rings (SSSR count). The van der Waals surface area contributed by atoms with Gasteiger partial charge in [0.25, 0.3) is 0 Å². The number of fused-ring (bicyclic) bond motifs is 1. The Morgan fingerprint density at radius 2 is 1.93 bits per heavy atom. The molecule has 5 N–H and O–H groups in total. The number of aliphatic carboxylic acids is 1. The van der Waals surface area contributed by atoms with Gasteiger partial charge in [0, 0.05) is 38.0 Å². The Morgan fingerprint density at radius 3 is 2.63 bits per heavy atom. The summed E-state index contributed by atoms with van der Waals surface area (Å²) in [4.78, 5) is 17.8. The Labute approximate surface area is 273 Å². The van der Waals surface area contributed by atoms with Crippen LogP contribution in [0.2, 0.25) is 0 Å². The topological polar surface area (TPSA) is 144 Å². The molecule has 1 saturated carbocycles. The van der Waals surface area contributed by atoms with Crippen molar-refractivity contribution >= 4 is 28.3 Å². The highest BCUT2D eigenvalue weighted by Crippen LogP contribution is 2.46. The molecule has 2 aliphatic heterocycles. The average molecular weight is 648 g/mol. The van der Waals surface area contributed by atoms with Gasteiger partial charge < -0.3 is 25.3 Å². The number of pyridine rings is 1. The van der Waals surface area contributed by atoms with Crippen LogP contribution in [0.5, 0.6) is 5.88 Å². The highest BCUT2D eigenvalue weighted by atomic mass is 32.2. The van der Waals surface area contributed by atoms with Crippen LogP contribution in [-0.2, 0) is 27.1 Å². The first-order valence-electron chi connectivity index (χ1n) is 16.0. The SMILES string of the molecule is Cc1ccc(C(c2ccc(N(N)CC3CC3)c(N)c2C)C(C)(C)C(=O)O)cc1CN1CC2(CCOCC2)Oc2ncccc2S1=O. The van der Waals surface area contributed by atoms with Crippen LogP contribution in [0.3, 0.4) is 0 Å². The van der Waals surface area contributed by atoms with Crippen LogP contribution in [0.25, 0.3) is 0 Å². The van der Waals surface area contributed by atoms with E-state index in [4.69, 9.17) is 21.1 Å². The molecule has 0 bridgehead atoms. The Balaban J connectivity index is 1.39. The Morgan fingerprint density at radius 1 is 1.20 bits per heavy atom. The molecule has 2 fully saturated rings. The van der Waals surface area contributed by atoms with Gasteiger partial charge in [0.05, 0.1) is 36.5 Å². The lowest BCUT2D eigenvalue weighted by Crippen LogP contribution is -2.49. The zero-order chi connectivity index (χ0) is 32.8. The van der Waals surface area contributed by atoms with Crippen molar-refractivity contribution in [1.29, 1.82) is 0 Å². The zero-order valence-corrected chi connectivity index (χ0v) is 27.9. The molecule has 3 aromatic rings. The smallest absolute Gasteiger partial charge is 0.310 e. The number of carbonyl (C=O) groups is 1. The first kappa shape index (κ1) is 32.4. The maximum absolute atomic E-state index is 14.1. The molecule has 0 radical (unpaired) electrons. The monoisotopic (exact) mass is 647 g/mol. The standard InChI is InChI=1S/C35H45N5O5S/c1-22-7-10-25(30(34(3,4)33(41)42)27-11-12-28(31(36)23(27)2)40(37)19-24-8-9-24)18-26(22)20-39-21-35(13-16-44-17-14-35)45-32-29(46(39)43)6-5-15-38-32/h5-7,10-12,15,18,24,30H,8-9,13-14,16-17,19-21,36-37H2,1-4H3,(H,41,42). The van der Waals surface area contributed by atoms with Crippen LogP contribution in [0.4, 0.5) is 11.4 Å². The van der Waals surface area contributed by atoms with E-state index in [9.17, 15) is 14.1 Å². The Kier molecular flexibility index (Phi) is 8.88. The quantitative estimate of drug-likeness (QED) is 0.165. The van der Waals surface area contributed by atoms with Crippen molar-refractivity contribution in [2.45, 2.75) is 76.3 Å². The summed E-state index contributed by atoms with van der Waals surface area (Å²) >= 11 is 0. The van der Waals surface area contributed by atoms with E-state index in [0.29, 0.717) is 61.5 Å². The van der Waals surface area contributed by atoms with Gasteiger partial charge in [-0.2, -0.15) is 0 Å². The second-order valence-electron chi connectivity index (χ2n) is 13.7. The van der Waals surface area contributed by atoms with E-state index in [2.05, 4.69) is 11.1 Å². The van der Waals surface area contributed by atoms with Gasteiger partial charge in [-0.15, -0.1) is 0 Å². The average Bonchev–Trinajstić information content (AvgIpc) is 3.85. The van der Waals surface area contributed by atoms with Gasteiger partial charge in [-0.1, -0.05) is 24.3 Å². The lowest BCUT2D eigenvalue weighted by molar-refractivity contribution is -0.147. The molecule has 46 heavy (non-hydrogen) atoms. The largest absolute Gasteiger partial charge is 0.481 e. The van der Waals surface area contributed by atoms with E-state index in [-0.39, 0.29) is 0 Å². The molecule has 1 aromatic heterocycles. The fraction of sp³-hybridized carbons (Fsp3) is 0.486. The molecule has 0 amide bonds. The summed E-state index contributed by atoms with van der Waals surface area (Å²) in [5, 5.41) is 12.2. The van der Waals surface area contributed by atoms with Crippen LogP contribution in [0.1, 0.15) is 73.3 Å². The predicted octanol–water partition coefficient (Wildman–Crippen LogP) is 5.08. The fourth-order valence-corrected chi connectivity index (χ4v) is 8.10. The van der Waals surface area contributed by atoms with Crippen molar-refractivity contribution in [3.05, 3.63) is 76.5 Å². The van der Waals surface area contributed by atoms with Crippen LogP contribution in [-0.4, -0.2) is 56.5 Å². The molecule has 3 heterocycles. The second-order valence-corrected chi connectivity index (χ2v) is 15.2. The normalized spacial score (nSPS) is 20.4. The van der Waals surface area contributed by atoms with Crippen LogP contribution >= 0.6 is 0 Å². The summed E-state index contributed by atoms with van der Waals surface area (Å²) in [6, 6.07) is 13.6. The molecule has 11 heteroatoms. The molecule has 1 aliphatic carbocycles. The summed E-state index contributed by atoms with van der Waals surface area (Å²) < 4.78 is 28.2. The van der Waals surface area contributed by atoms with Crippen molar-refractivity contribution in [3.63, 3.8) is 0 Å². The van der Waals surface area contributed by atoms with E-state index in [1.807, 2.05) is 48.5 Å². The van der Waals surface area contributed by atoms with E-state index >= 15 is 0 Å². The number of aryl methyl sites for hydroxylation is 1. The minimum absolute atomic E-state index is 0.385. The predicted molar refractivity (Wildman–Crippen MR) is 179 cm³/mol. The van der Waals surface area contributed by atoms with Crippen LogP contribution < -0.4 is 21.3 Å². The van der Waals surface area contributed by atoms with E-state index < -0.39 is 33.9 Å². The third kappa shape index (κ3) is 6.25. The zero-order valence-electron chi connectivity index (χ0n) is 27.1. The first-order chi connectivity index (χ1) is 21.9. The number of carboxylic acid groups (broad SMARTS) is 1.